The van der Waals surface area contributed by atoms with Crippen molar-refractivity contribution in [3.63, 3.8) is 0 Å². The van der Waals surface area contributed by atoms with Crippen LogP contribution in [0.5, 0.6) is 0 Å². The Balaban J connectivity index is 2.58. The van der Waals surface area contributed by atoms with Crippen molar-refractivity contribution in [2.24, 2.45) is 11.7 Å². The minimum absolute atomic E-state index is 0.151. The van der Waals surface area contributed by atoms with Crippen LogP contribution in [-0.4, -0.2) is 85.7 Å². The predicted molar refractivity (Wildman–Crippen MR) is 136 cm³/mol. The number of nitrogens with zero attached hydrogens (tertiary/aromatic N) is 1. The number of amides is 7. The molecule has 1 unspecified atom stereocenters. The maximum Gasteiger partial charge on any atom is 0.312 e. The number of nitrogens with two attached hydrogens (primary N) is 1. The first-order chi connectivity index (χ1) is 17.4. The van der Waals surface area contributed by atoms with Crippen LogP contribution in [0.3, 0.4) is 0 Å². The topological polar surface area (TPSA) is 197 Å². The molecule has 0 saturated heterocycles. The van der Waals surface area contributed by atoms with E-state index in [2.05, 4.69) is 21.3 Å². The lowest BCUT2D eigenvalue weighted by atomic mass is 10.0. The van der Waals surface area contributed by atoms with Crippen LogP contribution in [0.2, 0.25) is 0 Å². The van der Waals surface area contributed by atoms with E-state index in [1.807, 2.05) is 0 Å². The average molecular weight is 520 g/mol. The second kappa shape index (κ2) is 16.1. The lowest BCUT2D eigenvalue weighted by Gasteiger charge is -2.25. The quantitative estimate of drug-likeness (QED) is 0.0816. The highest BCUT2D eigenvalue weighted by atomic mass is 16.2. The van der Waals surface area contributed by atoms with Gasteiger partial charge in [-0.1, -0.05) is 20.3 Å². The smallest absolute Gasteiger partial charge is 0.312 e. The lowest BCUT2D eigenvalue weighted by molar-refractivity contribution is -0.137. The van der Waals surface area contributed by atoms with Crippen LogP contribution in [0.25, 0.3) is 0 Å². The fourth-order valence-electron chi connectivity index (χ4n) is 3.55. The van der Waals surface area contributed by atoms with Crippen LogP contribution in [0.15, 0.2) is 12.2 Å². The molecule has 2 atom stereocenters. The number of hydrogen-bond donors (Lipinski definition) is 5. The highest BCUT2D eigenvalue weighted by Crippen LogP contribution is 2.09. The summed E-state index contributed by atoms with van der Waals surface area (Å²) in [5, 5.41) is 10.2. The summed E-state index contributed by atoms with van der Waals surface area (Å²) in [7, 11) is 1.32. The highest BCUT2D eigenvalue weighted by Gasteiger charge is 2.28. The molecule has 1 aliphatic heterocycles. The molecule has 0 aromatic heterocycles. The van der Waals surface area contributed by atoms with Crippen LogP contribution >= 0.6 is 0 Å². The van der Waals surface area contributed by atoms with Gasteiger partial charge in [-0.05, 0) is 31.6 Å². The van der Waals surface area contributed by atoms with Gasteiger partial charge in [0, 0.05) is 31.7 Å². The highest BCUT2D eigenvalue weighted by molar-refractivity contribution is 6.58. The molecule has 0 aromatic rings. The standard InChI is InChI=1S/C23H37BN6O7/c1-14(2)20(29-17(32)8-4-3-5-12-30-18(33)9-10-19(30)34)22(36)28-15(7-6-11-26-23(25)37)21(35)27-13-16(24)31/h9-10,14-15,20H,3-8,11-13,24H2,1-2H3,(H,27,35)(H,28,36)(H,29,32)(H3,25,26,37)/t15-,20?/m0/s1. The van der Waals surface area contributed by atoms with Gasteiger partial charge in [0.1, 0.15) is 17.8 Å². The van der Waals surface area contributed by atoms with Crippen LogP contribution in [0.4, 0.5) is 4.79 Å². The Morgan fingerprint density at radius 3 is 2.14 bits per heavy atom. The van der Waals surface area contributed by atoms with Gasteiger partial charge in [-0.25, -0.2) is 4.79 Å². The van der Waals surface area contributed by atoms with Crippen LogP contribution < -0.4 is 27.0 Å². The summed E-state index contributed by atoms with van der Waals surface area (Å²) in [4.78, 5) is 84.3. The molecular weight excluding hydrogens is 483 g/mol. The van der Waals surface area contributed by atoms with Crippen molar-refractivity contribution < 1.29 is 33.6 Å². The Hall–Kier alpha value is -3.71. The molecule has 204 valence electrons. The van der Waals surface area contributed by atoms with Gasteiger partial charge >= 0.3 is 6.03 Å². The van der Waals surface area contributed by atoms with Crippen molar-refractivity contribution in [1.29, 1.82) is 0 Å². The van der Waals surface area contributed by atoms with E-state index in [1.54, 1.807) is 13.8 Å². The van der Waals surface area contributed by atoms with Crippen molar-refractivity contribution in [1.82, 2.24) is 26.2 Å². The molecule has 0 bridgehead atoms. The summed E-state index contributed by atoms with van der Waals surface area (Å²) in [6, 6.07) is -2.59. The number of primary amides is 1. The van der Waals surface area contributed by atoms with Crippen LogP contribution in [-0.2, 0) is 28.8 Å². The molecule has 0 spiro atoms. The maximum atomic E-state index is 13.0. The summed E-state index contributed by atoms with van der Waals surface area (Å²) in [5.74, 6) is -2.40. The van der Waals surface area contributed by atoms with E-state index in [4.69, 9.17) is 5.73 Å². The molecule has 13 nitrogen and oxygen atoms in total. The van der Waals surface area contributed by atoms with E-state index in [1.165, 1.54) is 20.0 Å². The minimum Gasteiger partial charge on any atom is -0.352 e. The van der Waals surface area contributed by atoms with Crippen LogP contribution in [0, 0.1) is 5.92 Å². The largest absolute Gasteiger partial charge is 0.352 e. The van der Waals surface area contributed by atoms with E-state index in [0.29, 0.717) is 25.7 Å². The Labute approximate surface area is 217 Å². The molecule has 37 heavy (non-hydrogen) atoms. The first kappa shape index (κ1) is 31.3. The first-order valence-corrected chi connectivity index (χ1v) is 12.4. The summed E-state index contributed by atoms with van der Waals surface area (Å²) < 4.78 is 0. The number of hydrogen-bond acceptors (Lipinski definition) is 7. The number of imide groups is 1. The SMILES string of the molecule is BC(=O)CNC(=O)[C@H](CCCNC(N)=O)NC(=O)C(NC(=O)CCCCCN1C(=O)C=CC1=O)C(C)C. The van der Waals surface area contributed by atoms with Gasteiger partial charge in [0.15, 0.2) is 7.85 Å². The number of urea groups is 1. The number of carbonyl (C=O) groups excluding carboxylic acids is 7. The Morgan fingerprint density at radius 2 is 1.57 bits per heavy atom. The second-order valence-electron chi connectivity index (χ2n) is 9.18. The monoisotopic (exact) mass is 520 g/mol. The molecule has 14 heteroatoms. The van der Waals surface area contributed by atoms with Crippen molar-refractivity contribution in [3.05, 3.63) is 12.2 Å². The molecule has 0 saturated carbocycles. The molecule has 7 amide bonds. The van der Waals surface area contributed by atoms with E-state index in [-0.39, 0.29) is 61.8 Å². The van der Waals surface area contributed by atoms with Gasteiger partial charge in [-0.3, -0.25) is 28.9 Å². The second-order valence-corrected chi connectivity index (χ2v) is 9.18. The Morgan fingerprint density at radius 1 is 0.919 bits per heavy atom. The molecule has 0 radical (unpaired) electrons. The van der Waals surface area contributed by atoms with Gasteiger partial charge in [0.05, 0.1) is 6.54 Å². The predicted octanol–water partition coefficient (Wildman–Crippen LogP) is -2.18. The van der Waals surface area contributed by atoms with Crippen molar-refractivity contribution >= 4 is 49.1 Å². The maximum absolute atomic E-state index is 13.0. The zero-order chi connectivity index (χ0) is 28.0. The fourth-order valence-corrected chi connectivity index (χ4v) is 3.55. The molecule has 0 aromatic carbocycles. The van der Waals surface area contributed by atoms with Gasteiger partial charge in [0.25, 0.3) is 11.8 Å². The third kappa shape index (κ3) is 12.2. The summed E-state index contributed by atoms with van der Waals surface area (Å²) >= 11 is 0. The third-order valence-electron chi connectivity index (χ3n) is 5.57. The molecule has 0 fully saturated rings. The Bertz CT molecular complexity index is 890. The Kier molecular flexibility index (Phi) is 13.6. The van der Waals surface area contributed by atoms with E-state index in [0.717, 1.165) is 4.90 Å². The number of unbranched alkanes of at least 4 members (excludes halogenated alkanes) is 2. The number of carbonyl (C=O) groups is 7. The van der Waals surface area contributed by atoms with Crippen LogP contribution in [0.1, 0.15) is 52.4 Å². The van der Waals surface area contributed by atoms with Gasteiger partial charge in [-0.15, -0.1) is 0 Å². The lowest BCUT2D eigenvalue weighted by Crippen LogP contribution is -2.55. The average Bonchev–Trinajstić information content (AvgIpc) is 3.14. The summed E-state index contributed by atoms with van der Waals surface area (Å²) in [6.45, 7) is 3.80. The molecule has 0 aliphatic carbocycles. The fraction of sp³-hybridized carbons (Fsp3) is 0.609. The van der Waals surface area contributed by atoms with Gasteiger partial charge < -0.3 is 31.8 Å². The zero-order valence-electron chi connectivity index (χ0n) is 21.6. The zero-order valence-corrected chi connectivity index (χ0v) is 21.6. The minimum atomic E-state index is -0.981. The van der Waals surface area contributed by atoms with Crippen molar-refractivity contribution in [2.75, 3.05) is 19.6 Å². The molecule has 1 aliphatic rings. The van der Waals surface area contributed by atoms with Crippen molar-refractivity contribution in [2.45, 2.75) is 64.5 Å². The van der Waals surface area contributed by atoms with Gasteiger partial charge in [-0.2, -0.15) is 0 Å². The normalized spacial score (nSPS) is 14.3. The van der Waals surface area contributed by atoms with E-state index < -0.39 is 29.9 Å². The molecular formula is C23H37BN6O7. The summed E-state index contributed by atoms with van der Waals surface area (Å²) in [6.07, 6.45) is 4.79. The van der Waals surface area contributed by atoms with Gasteiger partial charge in [0.2, 0.25) is 17.7 Å². The molecule has 1 heterocycles. The first-order valence-electron chi connectivity index (χ1n) is 12.4. The van der Waals surface area contributed by atoms with E-state index in [9.17, 15) is 33.6 Å². The number of rotatable bonds is 17. The third-order valence-corrected chi connectivity index (χ3v) is 5.57. The van der Waals surface area contributed by atoms with E-state index >= 15 is 0 Å². The molecule has 1 rings (SSSR count). The van der Waals surface area contributed by atoms with Crippen molar-refractivity contribution in [3.8, 4) is 0 Å². The summed E-state index contributed by atoms with van der Waals surface area (Å²) in [5.41, 5.74) is 4.78. The molecule has 6 N–H and O–H groups in total. The number of nitrogens with one attached hydrogen (secondary N) is 4.